The first-order valence-electron chi connectivity index (χ1n) is 8.22. The molecule has 0 amide bonds. The molecule has 0 bridgehead atoms. The molecule has 6 nitrogen and oxygen atoms in total. The van der Waals surface area contributed by atoms with Crippen LogP contribution >= 0.6 is 0 Å². The van der Waals surface area contributed by atoms with Crippen LogP contribution < -0.4 is 0 Å². The van der Waals surface area contributed by atoms with Gasteiger partial charge in [-0.1, -0.05) is 6.92 Å². The van der Waals surface area contributed by atoms with Gasteiger partial charge < -0.3 is 19.1 Å². The van der Waals surface area contributed by atoms with Crippen molar-refractivity contribution < 1.29 is 19.4 Å². The van der Waals surface area contributed by atoms with Crippen molar-refractivity contribution in [3.63, 3.8) is 0 Å². The fraction of sp³-hybridized carbons (Fsp3) is 0.706. The third kappa shape index (κ3) is 8.16. The molecule has 0 aliphatic carbocycles. The van der Waals surface area contributed by atoms with Crippen LogP contribution in [0.3, 0.4) is 0 Å². The summed E-state index contributed by atoms with van der Waals surface area (Å²) in [7, 11) is 3.69. The van der Waals surface area contributed by atoms with Gasteiger partial charge in [0, 0.05) is 58.7 Å². The van der Waals surface area contributed by atoms with E-state index in [0.29, 0.717) is 19.6 Å². The van der Waals surface area contributed by atoms with E-state index in [4.69, 9.17) is 9.47 Å². The van der Waals surface area contributed by atoms with Gasteiger partial charge in [0.25, 0.3) is 0 Å². The van der Waals surface area contributed by atoms with E-state index in [2.05, 4.69) is 15.5 Å². The maximum Gasteiger partial charge on any atom is 0.305 e. The Morgan fingerprint density at radius 2 is 2.26 bits per heavy atom. The maximum absolute atomic E-state index is 11.4. The molecule has 0 fully saturated rings. The molecule has 0 saturated heterocycles. The van der Waals surface area contributed by atoms with E-state index in [1.807, 2.05) is 26.2 Å². The summed E-state index contributed by atoms with van der Waals surface area (Å²) in [6.07, 6.45) is 3.37. The Hall–Kier alpha value is -1.37. The number of rotatable bonds is 12. The van der Waals surface area contributed by atoms with Crippen LogP contribution in [0.5, 0.6) is 0 Å². The number of esters is 1. The minimum Gasteiger partial charge on any atom is -0.463 e. The summed E-state index contributed by atoms with van der Waals surface area (Å²) in [5.74, 6) is -0.250. The highest BCUT2D eigenvalue weighted by atomic mass is 16.5. The number of aryl methyl sites for hydroxylation is 1. The molecular formula is C17H30N2O4. The smallest absolute Gasteiger partial charge is 0.305 e. The number of hydrogen-bond donors (Lipinski definition) is 1. The summed E-state index contributed by atoms with van der Waals surface area (Å²) >= 11 is 0. The van der Waals surface area contributed by atoms with E-state index in [0.717, 1.165) is 25.9 Å². The Labute approximate surface area is 139 Å². The normalized spacial score (nSPS) is 12.6. The van der Waals surface area contributed by atoms with E-state index in [-0.39, 0.29) is 12.6 Å². The summed E-state index contributed by atoms with van der Waals surface area (Å²) < 4.78 is 12.2. The number of carbonyl (C=O) groups excluding carboxylic acids is 1. The SMILES string of the molecule is CCCC(=O)OCC(O)CN(CCCOC)Cc1cccn1C. The van der Waals surface area contributed by atoms with Crippen LogP contribution in [0.15, 0.2) is 18.3 Å². The highest BCUT2D eigenvalue weighted by Gasteiger charge is 2.15. The molecule has 1 aromatic heterocycles. The van der Waals surface area contributed by atoms with Gasteiger partial charge in [-0.3, -0.25) is 9.69 Å². The summed E-state index contributed by atoms with van der Waals surface area (Å²) in [5.41, 5.74) is 1.18. The Morgan fingerprint density at radius 3 is 2.87 bits per heavy atom. The average molecular weight is 326 g/mol. The van der Waals surface area contributed by atoms with Gasteiger partial charge in [-0.25, -0.2) is 0 Å². The number of hydrogen-bond acceptors (Lipinski definition) is 5. The standard InChI is InChI=1S/C17H30N2O4/c1-4-7-17(21)23-14-16(20)13-19(10-6-11-22-3)12-15-8-5-9-18(15)2/h5,8-9,16,20H,4,6-7,10-14H2,1-3H3. The van der Waals surface area contributed by atoms with Crippen molar-refractivity contribution in [3.05, 3.63) is 24.0 Å². The molecule has 6 heteroatoms. The molecule has 1 unspecified atom stereocenters. The molecule has 1 atom stereocenters. The van der Waals surface area contributed by atoms with E-state index < -0.39 is 6.10 Å². The zero-order valence-electron chi connectivity index (χ0n) is 14.5. The van der Waals surface area contributed by atoms with E-state index >= 15 is 0 Å². The minimum absolute atomic E-state index is 0.0484. The fourth-order valence-corrected chi connectivity index (χ4v) is 2.37. The molecule has 23 heavy (non-hydrogen) atoms. The van der Waals surface area contributed by atoms with Gasteiger partial charge in [0.2, 0.25) is 0 Å². The predicted molar refractivity (Wildman–Crippen MR) is 89.1 cm³/mol. The summed E-state index contributed by atoms with van der Waals surface area (Å²) in [6.45, 7) is 4.69. The number of nitrogens with zero attached hydrogens (tertiary/aromatic N) is 2. The summed E-state index contributed by atoms with van der Waals surface area (Å²) in [5, 5.41) is 10.1. The molecule has 132 valence electrons. The molecule has 0 spiro atoms. The van der Waals surface area contributed by atoms with Gasteiger partial charge in [-0.2, -0.15) is 0 Å². The zero-order chi connectivity index (χ0) is 17.1. The van der Waals surface area contributed by atoms with Crippen LogP contribution in [0.25, 0.3) is 0 Å². The first-order chi connectivity index (χ1) is 11.1. The molecule has 0 aromatic carbocycles. The van der Waals surface area contributed by atoms with Crippen molar-refractivity contribution >= 4 is 5.97 Å². The van der Waals surface area contributed by atoms with Gasteiger partial charge in [0.05, 0.1) is 0 Å². The molecule has 0 aliphatic heterocycles. The Bertz CT molecular complexity index is 448. The third-order valence-corrected chi connectivity index (χ3v) is 3.62. The second-order valence-corrected chi connectivity index (χ2v) is 5.78. The number of methoxy groups -OCH3 is 1. The van der Waals surface area contributed by atoms with Crippen LogP contribution in [0.1, 0.15) is 31.9 Å². The van der Waals surface area contributed by atoms with E-state index in [9.17, 15) is 9.90 Å². The third-order valence-electron chi connectivity index (χ3n) is 3.62. The van der Waals surface area contributed by atoms with Crippen molar-refractivity contribution in [1.29, 1.82) is 0 Å². The van der Waals surface area contributed by atoms with Gasteiger partial charge in [0.1, 0.15) is 12.7 Å². The minimum atomic E-state index is -0.682. The lowest BCUT2D eigenvalue weighted by atomic mass is 10.2. The van der Waals surface area contributed by atoms with Crippen LogP contribution in [-0.2, 0) is 27.9 Å². The van der Waals surface area contributed by atoms with Gasteiger partial charge in [0.15, 0.2) is 0 Å². The average Bonchev–Trinajstić information content (AvgIpc) is 2.91. The molecule has 1 N–H and O–H groups in total. The molecule has 1 rings (SSSR count). The number of aromatic nitrogens is 1. The lowest BCUT2D eigenvalue weighted by Crippen LogP contribution is -2.36. The van der Waals surface area contributed by atoms with Crippen LogP contribution in [-0.4, -0.2) is 60.1 Å². The lowest BCUT2D eigenvalue weighted by Gasteiger charge is -2.25. The predicted octanol–water partition coefficient (Wildman–Crippen LogP) is 1.57. The van der Waals surface area contributed by atoms with Crippen LogP contribution in [0.2, 0.25) is 0 Å². The fourth-order valence-electron chi connectivity index (χ4n) is 2.37. The van der Waals surface area contributed by atoms with Gasteiger partial charge in [-0.15, -0.1) is 0 Å². The van der Waals surface area contributed by atoms with Crippen molar-refractivity contribution in [3.8, 4) is 0 Å². The quantitative estimate of drug-likeness (QED) is 0.466. The molecule has 0 aliphatic rings. The van der Waals surface area contributed by atoms with E-state index in [1.165, 1.54) is 5.69 Å². The monoisotopic (exact) mass is 326 g/mol. The highest BCUT2D eigenvalue weighted by Crippen LogP contribution is 2.07. The largest absolute Gasteiger partial charge is 0.463 e. The molecule has 0 saturated carbocycles. The second kappa shape index (κ2) is 11.2. The molecule has 1 heterocycles. The summed E-state index contributed by atoms with van der Waals surface area (Å²) in [4.78, 5) is 13.5. The zero-order valence-corrected chi connectivity index (χ0v) is 14.5. The van der Waals surface area contributed by atoms with Crippen molar-refractivity contribution in [2.24, 2.45) is 7.05 Å². The maximum atomic E-state index is 11.4. The number of carbonyl (C=O) groups is 1. The number of ether oxygens (including phenoxy) is 2. The van der Waals surface area contributed by atoms with Crippen molar-refractivity contribution in [2.75, 3.05) is 33.4 Å². The lowest BCUT2D eigenvalue weighted by molar-refractivity contribution is -0.147. The highest BCUT2D eigenvalue weighted by molar-refractivity contribution is 5.69. The Morgan fingerprint density at radius 1 is 1.48 bits per heavy atom. The number of aliphatic hydroxyl groups excluding tert-OH is 1. The Balaban J connectivity index is 2.47. The van der Waals surface area contributed by atoms with Crippen LogP contribution in [0, 0.1) is 0 Å². The van der Waals surface area contributed by atoms with Gasteiger partial charge >= 0.3 is 5.97 Å². The molecule has 1 aromatic rings. The second-order valence-electron chi connectivity index (χ2n) is 5.78. The number of aliphatic hydroxyl groups is 1. The van der Waals surface area contributed by atoms with Gasteiger partial charge in [-0.05, 0) is 25.0 Å². The van der Waals surface area contributed by atoms with Crippen LogP contribution in [0.4, 0.5) is 0 Å². The Kier molecular flexibility index (Phi) is 9.59. The molecule has 0 radical (unpaired) electrons. The van der Waals surface area contributed by atoms with E-state index in [1.54, 1.807) is 7.11 Å². The topological polar surface area (TPSA) is 63.9 Å². The first kappa shape index (κ1) is 19.7. The van der Waals surface area contributed by atoms with Crippen molar-refractivity contribution in [1.82, 2.24) is 9.47 Å². The van der Waals surface area contributed by atoms with Crippen molar-refractivity contribution in [2.45, 2.75) is 38.8 Å². The molecular weight excluding hydrogens is 296 g/mol. The summed E-state index contributed by atoms with van der Waals surface area (Å²) in [6, 6.07) is 4.07. The first-order valence-corrected chi connectivity index (χ1v) is 8.22.